The van der Waals surface area contributed by atoms with Crippen LogP contribution < -0.4 is 108 Å². The van der Waals surface area contributed by atoms with Crippen molar-refractivity contribution in [3.8, 4) is 5.75 Å². The number of phenolic OH excluding ortho intramolecular Hbond substituents is 1. The van der Waals surface area contributed by atoms with E-state index in [0.717, 1.165) is 6.92 Å². The van der Waals surface area contributed by atoms with Crippen LogP contribution in [0.15, 0.2) is 115 Å². The number of benzene rings is 4. The number of thiol groups is 3. The summed E-state index contributed by atoms with van der Waals surface area (Å²) in [7, 11) is 0. The third-order valence-corrected chi connectivity index (χ3v) is 22.2. The Morgan fingerprint density at radius 2 is 0.702 bits per heavy atom. The van der Waals surface area contributed by atoms with E-state index in [1.807, 2.05) is 6.26 Å². The maximum Gasteiger partial charge on any atom is 0.326 e. The highest BCUT2D eigenvalue weighted by Gasteiger charge is 2.40. The van der Waals surface area contributed by atoms with Crippen LogP contribution in [0.3, 0.4) is 0 Å². The molecule has 0 aromatic heterocycles. The predicted molar refractivity (Wildman–Crippen MR) is 501 cm³/mol. The lowest BCUT2D eigenvalue weighted by Gasteiger charge is -2.29. The van der Waals surface area contributed by atoms with Gasteiger partial charge in [-0.2, -0.15) is 49.6 Å². The number of rotatable bonds is 62. The molecule has 0 radical (unpaired) electrons. The summed E-state index contributed by atoms with van der Waals surface area (Å²) in [5, 5.41) is 88.2. The maximum atomic E-state index is 15.3. The first-order valence-electron chi connectivity index (χ1n) is 42.9. The van der Waals surface area contributed by atoms with Crippen LogP contribution in [0.2, 0.25) is 0 Å². The molecular formula is C86H129N21O20S4. The lowest BCUT2D eigenvalue weighted by atomic mass is 9.99. The molecule has 0 fully saturated rings. The number of aliphatic hydroxyl groups excluding tert-OH is 2. The molecule has 722 valence electrons. The van der Waals surface area contributed by atoms with Crippen LogP contribution in [0, 0.1) is 11.3 Å². The number of carboxylic acids is 1. The monoisotopic (exact) mass is 1900 g/mol. The Kier molecular flexibility index (Phi) is 51.8. The highest BCUT2D eigenvalue weighted by atomic mass is 32.2. The number of amides is 15. The van der Waals surface area contributed by atoms with Gasteiger partial charge in [0.2, 0.25) is 88.6 Å². The van der Waals surface area contributed by atoms with E-state index in [4.69, 9.17) is 34.1 Å². The minimum Gasteiger partial charge on any atom is -0.508 e. The molecule has 16 atom stereocenters. The van der Waals surface area contributed by atoms with Gasteiger partial charge >= 0.3 is 5.97 Å². The van der Waals surface area contributed by atoms with Crippen molar-refractivity contribution in [3.05, 3.63) is 138 Å². The van der Waals surface area contributed by atoms with Crippen molar-refractivity contribution in [3.63, 3.8) is 0 Å². The van der Waals surface area contributed by atoms with Crippen molar-refractivity contribution < 1.29 is 97.1 Å². The van der Waals surface area contributed by atoms with E-state index in [-0.39, 0.29) is 120 Å². The molecule has 30 N–H and O–H groups in total. The summed E-state index contributed by atoms with van der Waals surface area (Å²) in [5.74, 6) is -17.1. The normalized spacial score (nSPS) is 14.8. The van der Waals surface area contributed by atoms with Crippen molar-refractivity contribution >= 4 is 150 Å². The number of aliphatic carboxylic acids is 1. The summed E-state index contributed by atoms with van der Waals surface area (Å²) in [6, 6.07) is 7.74. The first kappa shape index (κ1) is 112. The van der Waals surface area contributed by atoms with Crippen LogP contribution in [0.25, 0.3) is 0 Å². The second-order valence-electron chi connectivity index (χ2n) is 31.6. The number of aliphatic hydroxyl groups is 2. The smallest absolute Gasteiger partial charge is 0.326 e. The van der Waals surface area contributed by atoms with Gasteiger partial charge < -0.3 is 129 Å². The minimum absolute atomic E-state index is 0.00744. The largest absolute Gasteiger partial charge is 0.508 e. The molecule has 0 spiro atoms. The Hall–Kier alpha value is -11.3. The number of thioether (sulfide) groups is 1. The van der Waals surface area contributed by atoms with Gasteiger partial charge in [-0.15, -0.1) is 0 Å². The zero-order valence-electron chi connectivity index (χ0n) is 73.7. The zero-order valence-corrected chi connectivity index (χ0v) is 77.2. The van der Waals surface area contributed by atoms with Crippen LogP contribution in [0.4, 0.5) is 0 Å². The average molecular weight is 1910 g/mol. The van der Waals surface area contributed by atoms with Crippen molar-refractivity contribution in [1.29, 1.82) is 5.41 Å². The van der Waals surface area contributed by atoms with Gasteiger partial charge in [-0.25, -0.2) is 4.79 Å². The topological polar surface area (TPSA) is 688 Å². The van der Waals surface area contributed by atoms with Crippen molar-refractivity contribution in [1.82, 2.24) is 79.8 Å². The van der Waals surface area contributed by atoms with E-state index in [0.29, 0.717) is 47.3 Å². The van der Waals surface area contributed by atoms with E-state index in [9.17, 15) is 78.0 Å². The number of primary amides is 1. The number of unbranched alkanes of at least 4 members (excludes halogenated alkanes) is 2. The Morgan fingerprint density at radius 1 is 0.389 bits per heavy atom. The average Bonchev–Trinajstić information content (AvgIpc) is 0.843. The van der Waals surface area contributed by atoms with Crippen molar-refractivity contribution in [2.75, 3.05) is 55.5 Å². The lowest BCUT2D eigenvalue weighted by molar-refractivity contribution is -0.142. The second-order valence-corrected chi connectivity index (χ2v) is 33.7. The number of hydrogen-bond donors (Lipinski definition) is 28. The summed E-state index contributed by atoms with van der Waals surface area (Å²) in [4.78, 5) is 225. The first-order chi connectivity index (χ1) is 62.4. The standard InChI is InChI=1S/C86H129N21O20S4/c1-48(2)39-60(98-76(117)62(41-51-21-10-6-11-22-51)102-82(123)66(45-128)104-71(112)55(89)34-38-131-4)75(116)95-58(27-18-37-93-86(91)92)72(113)94-56(25-14-16-35-87)73(114)99-61(40-50-19-8-5-9-20-50)77(118)101-64(43-53-28-30-54(110)31-29-53)78(119)100-63(42-52-23-12-7-13-24-52)79(120)103-65(44-108)80(121)107-70(49(3)109)84(125)96-57(26-15-17-36-88)74(115)105-68(47-130)83(124)106-67(46-129)81(122)97-59(85(126)127)32-33-69(90)111/h5-13,19-24,28-31,48-49,55-68,70,108-110,128-130H,14-18,25-27,32-47,87-89H2,1-4H3,(H2,90,111)(H,94,113)(H,95,116)(H,96,125)(H,97,122)(H,98,117)(H,99,114)(H,100,119)(H,101,118)(H,102,123)(H,103,120)(H,104,112)(H,105,115)(H,106,124)(H,107,121)(H,126,127)(H4,91,92,93)/t49-,55+,56+,57+,58+,59+,60+,61+,62+,63+,64+,65+,66+,67+,68+,70+/m1/s1. The first-order valence-corrected chi connectivity index (χ1v) is 46.2. The number of carboxylic acid groups (broad SMARTS) is 1. The van der Waals surface area contributed by atoms with Crippen molar-refractivity contribution in [2.45, 2.75) is 220 Å². The van der Waals surface area contributed by atoms with Crippen LogP contribution in [-0.2, 0) is 102 Å². The van der Waals surface area contributed by atoms with E-state index in [2.05, 4.69) is 118 Å². The number of carbonyl (C=O) groups is 16. The SMILES string of the molecule is CSCC[C@H](N)C(=O)N[C@@H](CS)C(=O)N[C@@H](Cc1ccccc1)C(=O)N[C@@H](CC(C)C)C(=O)N[C@@H](CCCNC(=N)N)C(=O)N[C@@H](CCCCN)C(=O)N[C@@H](Cc1ccccc1)C(=O)N[C@@H](Cc1ccc(O)cc1)C(=O)N[C@@H](Cc1ccccc1)C(=O)N[C@@H](CO)C(=O)N[C@H](C(=O)N[C@@H](CCCCN)C(=O)N[C@@H](CS)C(=O)N[C@@H](CS)C(=O)N[C@@H](CCC(N)=O)C(=O)O)[C@@H](C)O. The Bertz CT molecular complexity index is 4370. The molecule has 4 rings (SSSR count). The minimum atomic E-state index is -1.96. The summed E-state index contributed by atoms with van der Waals surface area (Å²) < 4.78 is 0. The number of aromatic hydroxyl groups is 1. The van der Waals surface area contributed by atoms with Crippen LogP contribution in [0.5, 0.6) is 5.75 Å². The fourth-order valence-electron chi connectivity index (χ4n) is 13.2. The molecule has 4 aromatic carbocycles. The molecule has 0 saturated carbocycles. The van der Waals surface area contributed by atoms with Gasteiger partial charge in [-0.3, -0.25) is 77.3 Å². The molecule has 0 saturated heterocycles. The van der Waals surface area contributed by atoms with Crippen LogP contribution >= 0.6 is 49.6 Å². The molecule has 0 aliphatic heterocycles. The number of carbonyl (C=O) groups excluding carboxylic acids is 15. The maximum absolute atomic E-state index is 15.3. The molecule has 0 unspecified atom stereocenters. The molecule has 0 aliphatic carbocycles. The fraction of sp³-hybridized carbons (Fsp3) is 0.523. The summed E-state index contributed by atoms with van der Waals surface area (Å²) in [5.41, 5.74) is 30.5. The van der Waals surface area contributed by atoms with Gasteiger partial charge in [-0.05, 0) is 143 Å². The van der Waals surface area contributed by atoms with E-state index in [1.165, 1.54) is 36.0 Å². The van der Waals surface area contributed by atoms with Crippen molar-refractivity contribution in [2.24, 2.45) is 34.6 Å². The van der Waals surface area contributed by atoms with E-state index < -0.39 is 216 Å². The summed E-state index contributed by atoms with van der Waals surface area (Å²) in [6.07, 6.45) is -0.697. The van der Waals surface area contributed by atoms with E-state index in [1.54, 1.807) is 105 Å². The number of nitrogens with one attached hydrogen (secondary N) is 16. The molecule has 0 bridgehead atoms. The number of phenols is 1. The number of guanidine groups is 1. The highest BCUT2D eigenvalue weighted by Crippen LogP contribution is 2.18. The second kappa shape index (κ2) is 60.6. The van der Waals surface area contributed by atoms with Gasteiger partial charge in [0.15, 0.2) is 5.96 Å². The molecule has 41 nitrogen and oxygen atoms in total. The zero-order chi connectivity index (χ0) is 97.2. The van der Waals surface area contributed by atoms with Gasteiger partial charge in [0.25, 0.3) is 0 Å². The fourth-order valence-corrected chi connectivity index (χ4v) is 14.4. The van der Waals surface area contributed by atoms with Gasteiger partial charge in [0.05, 0.1) is 18.8 Å². The predicted octanol–water partition coefficient (Wildman–Crippen LogP) is -4.39. The van der Waals surface area contributed by atoms with E-state index >= 15 is 19.2 Å². The summed E-state index contributed by atoms with van der Waals surface area (Å²) in [6.45, 7) is 3.79. The third kappa shape index (κ3) is 41.8. The number of hydrogen-bond acceptors (Lipinski definition) is 27. The molecule has 15 amide bonds. The van der Waals surface area contributed by atoms with Crippen LogP contribution in [-0.4, -0.2) is 273 Å². The molecule has 0 heterocycles. The third-order valence-electron chi connectivity index (χ3n) is 20.5. The Labute approximate surface area is 781 Å². The number of nitrogens with two attached hydrogens (primary N) is 5. The molecule has 4 aromatic rings. The lowest BCUT2D eigenvalue weighted by Crippen LogP contribution is -2.63. The quantitative estimate of drug-likeness (QED) is 0.00859. The Morgan fingerprint density at radius 3 is 1.05 bits per heavy atom. The highest BCUT2D eigenvalue weighted by molar-refractivity contribution is 7.98. The molecular weight excluding hydrogens is 1780 g/mol. The molecule has 45 heteroatoms. The summed E-state index contributed by atoms with van der Waals surface area (Å²) >= 11 is 14.1. The van der Waals surface area contributed by atoms with Gasteiger partial charge in [0, 0.05) is 55.9 Å². The molecule has 131 heavy (non-hydrogen) atoms. The molecule has 0 aliphatic rings. The van der Waals surface area contributed by atoms with Gasteiger partial charge in [-0.1, -0.05) is 117 Å². The van der Waals surface area contributed by atoms with Crippen LogP contribution in [0.1, 0.15) is 120 Å². The Balaban J connectivity index is 1.69. The van der Waals surface area contributed by atoms with Gasteiger partial charge in [0.1, 0.15) is 90.3 Å².